The quantitative estimate of drug-likeness (QED) is 0.0199. The fourth-order valence-electron chi connectivity index (χ4n) is 12.6. The van der Waals surface area contributed by atoms with Gasteiger partial charge in [0.1, 0.15) is 73.2 Å². The van der Waals surface area contributed by atoms with Crippen molar-refractivity contribution >= 4 is 5.91 Å². The third-order valence-electron chi connectivity index (χ3n) is 18.5. The molecule has 0 aromatic carbocycles. The summed E-state index contributed by atoms with van der Waals surface area (Å²) in [7, 11) is 0. The highest BCUT2D eigenvalue weighted by Crippen LogP contribution is 2.33. The minimum atomic E-state index is -1.98. The number of hydrogen-bond donors (Lipinski definition) is 12. The van der Waals surface area contributed by atoms with E-state index in [2.05, 4.69) is 31.3 Å². The summed E-state index contributed by atoms with van der Waals surface area (Å²) in [6.45, 7) is 1.74. The van der Waals surface area contributed by atoms with Crippen LogP contribution in [0.4, 0.5) is 0 Å². The Kier molecular flexibility index (Phi) is 49.0. The summed E-state index contributed by atoms with van der Waals surface area (Å²) in [5, 5.41) is 120. The molecule has 530 valence electrons. The van der Waals surface area contributed by atoms with Crippen LogP contribution in [-0.2, 0) is 33.2 Å². The van der Waals surface area contributed by atoms with E-state index >= 15 is 0 Å². The molecule has 17 atom stereocenters. The van der Waals surface area contributed by atoms with Gasteiger partial charge < -0.3 is 89.9 Å². The number of aliphatic hydroxyl groups is 11. The smallest absolute Gasteiger partial charge is 0.220 e. The van der Waals surface area contributed by atoms with Gasteiger partial charge in [-0.2, -0.15) is 0 Å². The van der Waals surface area contributed by atoms with E-state index in [1.54, 1.807) is 6.08 Å². The lowest BCUT2D eigenvalue weighted by atomic mass is 9.96. The molecule has 0 aromatic rings. The first-order chi connectivity index (χ1) is 43.8. The molecule has 17 unspecified atom stereocenters. The maximum absolute atomic E-state index is 13.4. The lowest BCUT2D eigenvalue weighted by molar-refractivity contribution is -0.379. The fourth-order valence-corrected chi connectivity index (χ4v) is 12.6. The van der Waals surface area contributed by atoms with Gasteiger partial charge in [0.2, 0.25) is 5.91 Å². The Labute approximate surface area is 543 Å². The van der Waals surface area contributed by atoms with Crippen molar-refractivity contribution in [3.63, 3.8) is 0 Å². The average Bonchev–Trinajstić information content (AvgIpc) is 1.06. The van der Waals surface area contributed by atoms with Gasteiger partial charge in [0, 0.05) is 6.42 Å². The zero-order chi connectivity index (χ0) is 65.4. The molecule has 3 aliphatic heterocycles. The molecule has 0 aromatic heterocycles. The van der Waals surface area contributed by atoms with Gasteiger partial charge >= 0.3 is 0 Å². The van der Waals surface area contributed by atoms with E-state index in [9.17, 15) is 61.0 Å². The number of ether oxygens (including phenoxy) is 6. The summed E-state index contributed by atoms with van der Waals surface area (Å²) < 4.78 is 34.3. The van der Waals surface area contributed by atoms with Crippen molar-refractivity contribution in [2.45, 2.75) is 394 Å². The highest BCUT2D eigenvalue weighted by molar-refractivity contribution is 5.76. The van der Waals surface area contributed by atoms with E-state index in [4.69, 9.17) is 28.4 Å². The molecule has 12 N–H and O–H groups in total. The second-order valence-corrected chi connectivity index (χ2v) is 26.4. The molecule has 19 heteroatoms. The Morgan fingerprint density at radius 2 is 0.711 bits per heavy atom. The lowest BCUT2D eigenvalue weighted by Gasteiger charge is -2.48. The van der Waals surface area contributed by atoms with Crippen molar-refractivity contribution < 1.29 is 89.4 Å². The van der Waals surface area contributed by atoms with Gasteiger partial charge in [-0.3, -0.25) is 4.79 Å². The van der Waals surface area contributed by atoms with Crippen LogP contribution in [0.25, 0.3) is 0 Å². The molecule has 90 heavy (non-hydrogen) atoms. The summed E-state index contributed by atoms with van der Waals surface area (Å²) in [6.07, 6.45) is 34.7. The van der Waals surface area contributed by atoms with Crippen molar-refractivity contribution in [1.82, 2.24) is 5.32 Å². The molecule has 3 fully saturated rings. The third-order valence-corrected chi connectivity index (χ3v) is 18.5. The molecular formula is C71H133NO18. The molecule has 0 radical (unpaired) electrons. The molecule has 0 aliphatic carbocycles. The number of allylic oxidation sites excluding steroid dienone is 3. The van der Waals surface area contributed by atoms with E-state index in [-0.39, 0.29) is 18.9 Å². The van der Waals surface area contributed by atoms with Crippen molar-refractivity contribution in [1.29, 1.82) is 0 Å². The van der Waals surface area contributed by atoms with Crippen molar-refractivity contribution in [2.75, 3.05) is 26.4 Å². The highest BCUT2D eigenvalue weighted by Gasteiger charge is 2.53. The minimum absolute atomic E-state index is 0.241. The zero-order valence-electron chi connectivity index (χ0n) is 56.1. The molecule has 0 saturated carbocycles. The van der Waals surface area contributed by atoms with E-state index in [0.29, 0.717) is 12.8 Å². The molecule has 3 saturated heterocycles. The number of unbranched alkanes of at least 4 members (excludes halogenated alkanes) is 39. The second-order valence-electron chi connectivity index (χ2n) is 26.4. The Balaban J connectivity index is 1.38. The van der Waals surface area contributed by atoms with Gasteiger partial charge in [-0.1, -0.05) is 276 Å². The van der Waals surface area contributed by atoms with E-state index in [1.807, 2.05) is 6.08 Å². The van der Waals surface area contributed by atoms with Gasteiger partial charge in [-0.15, -0.1) is 0 Å². The molecule has 3 rings (SSSR count). The van der Waals surface area contributed by atoms with E-state index < -0.39 is 124 Å². The summed E-state index contributed by atoms with van der Waals surface area (Å²) >= 11 is 0. The number of amides is 1. The molecule has 0 bridgehead atoms. The predicted molar refractivity (Wildman–Crippen MR) is 351 cm³/mol. The van der Waals surface area contributed by atoms with Gasteiger partial charge in [0.25, 0.3) is 0 Å². The first kappa shape index (κ1) is 82.5. The first-order valence-corrected chi connectivity index (χ1v) is 36.6. The Morgan fingerprint density at radius 1 is 0.389 bits per heavy atom. The van der Waals surface area contributed by atoms with Gasteiger partial charge in [-0.05, 0) is 32.1 Å². The van der Waals surface area contributed by atoms with E-state index in [0.717, 1.165) is 38.5 Å². The summed E-state index contributed by atoms with van der Waals surface area (Å²) in [6, 6.07) is -0.986. The SMILES string of the molecule is CCCCCCCCCCC/C=C/CC/C=C/C(O)C(COC1OC(CO)C(OC2OC(CO)C(OC3OC(CO)C(O)C(O)C3O)C(O)C2O)C(O)C1O)NC(=O)CCCCCCCCCCCCCCCCCCCCCCCCCCCCCCCC. The maximum Gasteiger partial charge on any atom is 0.220 e. The second kappa shape index (κ2) is 53.4. The third kappa shape index (κ3) is 34.8. The number of aliphatic hydroxyl groups excluding tert-OH is 11. The Morgan fingerprint density at radius 3 is 1.11 bits per heavy atom. The van der Waals surface area contributed by atoms with Crippen LogP contribution in [-0.4, -0.2) is 193 Å². The minimum Gasteiger partial charge on any atom is -0.394 e. The lowest BCUT2D eigenvalue weighted by Crippen LogP contribution is -2.66. The maximum atomic E-state index is 13.4. The van der Waals surface area contributed by atoms with Crippen LogP contribution in [0.5, 0.6) is 0 Å². The Bertz CT molecular complexity index is 1730. The molecule has 1 amide bonds. The number of nitrogens with one attached hydrogen (secondary N) is 1. The van der Waals surface area contributed by atoms with Crippen molar-refractivity contribution in [3.8, 4) is 0 Å². The van der Waals surface area contributed by atoms with E-state index in [1.165, 1.54) is 218 Å². The summed E-state index contributed by atoms with van der Waals surface area (Å²) in [5.74, 6) is -0.280. The Hall–Kier alpha value is -1.73. The van der Waals surface area contributed by atoms with Gasteiger partial charge in [0.05, 0.1) is 38.6 Å². The van der Waals surface area contributed by atoms with Gasteiger partial charge in [0.15, 0.2) is 18.9 Å². The van der Waals surface area contributed by atoms with Crippen molar-refractivity contribution in [2.24, 2.45) is 0 Å². The average molecular weight is 1290 g/mol. The molecular weight excluding hydrogens is 1150 g/mol. The van der Waals surface area contributed by atoms with Crippen LogP contribution in [0.2, 0.25) is 0 Å². The standard InChI is InChI=1S/C71H133NO18/c1-3-5-7-9-11-13-15-17-19-20-21-22-23-24-25-26-27-28-29-30-31-32-33-35-37-39-41-43-45-47-49-59(77)72-54(55(76)48-46-44-42-40-38-36-34-18-16-14-12-10-8-6-4-2)53-85-69-65(83)62(80)67(57(51-74)87-69)90-71-66(84)63(81)68(58(52-75)88-71)89-70-64(82)61(79)60(78)56(50-73)86-70/h38,40,46,48,54-58,60-71,73-76,78-84H,3-37,39,41-45,47,49-53H2,1-2H3,(H,72,77)/b40-38+,48-46+. The van der Waals surface area contributed by atoms with Crippen LogP contribution >= 0.6 is 0 Å². The van der Waals surface area contributed by atoms with Crippen LogP contribution < -0.4 is 5.32 Å². The molecule has 19 nitrogen and oxygen atoms in total. The normalized spacial score (nSPS) is 28.1. The molecule has 0 spiro atoms. The molecule has 3 heterocycles. The summed E-state index contributed by atoms with van der Waals surface area (Å²) in [4.78, 5) is 13.4. The van der Waals surface area contributed by atoms with Gasteiger partial charge in [-0.25, -0.2) is 0 Å². The van der Waals surface area contributed by atoms with Crippen LogP contribution in [0.1, 0.15) is 290 Å². The fraction of sp³-hybridized carbons (Fsp3) is 0.930. The number of hydrogen-bond acceptors (Lipinski definition) is 18. The highest BCUT2D eigenvalue weighted by atomic mass is 16.8. The number of carbonyl (C=O) groups is 1. The monoisotopic (exact) mass is 1290 g/mol. The number of carbonyl (C=O) groups excluding carboxylic acids is 1. The van der Waals surface area contributed by atoms with Crippen molar-refractivity contribution in [3.05, 3.63) is 24.3 Å². The van der Waals surface area contributed by atoms with Crippen LogP contribution in [0, 0.1) is 0 Å². The van der Waals surface area contributed by atoms with Crippen LogP contribution in [0.15, 0.2) is 24.3 Å². The summed E-state index contributed by atoms with van der Waals surface area (Å²) in [5.41, 5.74) is 0. The largest absolute Gasteiger partial charge is 0.394 e. The predicted octanol–water partition coefficient (Wildman–Crippen LogP) is 10.2. The zero-order valence-corrected chi connectivity index (χ0v) is 56.1. The molecule has 3 aliphatic rings. The number of rotatable bonds is 57. The first-order valence-electron chi connectivity index (χ1n) is 36.6. The van der Waals surface area contributed by atoms with Crippen LogP contribution in [0.3, 0.4) is 0 Å². The topological polar surface area (TPSA) is 307 Å².